The van der Waals surface area contributed by atoms with Crippen LogP contribution >= 0.6 is 0 Å². The van der Waals surface area contributed by atoms with Crippen molar-refractivity contribution in [2.75, 3.05) is 0 Å². The van der Waals surface area contributed by atoms with E-state index in [0.29, 0.717) is 5.92 Å². The molecule has 2 aliphatic rings. The third-order valence-corrected chi connectivity index (χ3v) is 7.88. The fraction of sp³-hybridized carbons (Fsp3) is 0.438. The highest BCUT2D eigenvalue weighted by Crippen LogP contribution is 2.48. The molecule has 2 fully saturated rings. The Kier molecular flexibility index (Phi) is 8.22. The Hall–Kier alpha value is -2.59. The first-order valence-corrected chi connectivity index (χ1v) is 12.8. The SMILES string of the molecule is C=CCCc1ccc(C#Cc2ccc(C3CCC4CC(CCC=C)CCC4C3)c(F)c2)cc1. The molecular weight excluding hydrogens is 403 g/mol. The summed E-state index contributed by atoms with van der Waals surface area (Å²) in [7, 11) is 0. The summed E-state index contributed by atoms with van der Waals surface area (Å²) < 4.78 is 15.1. The normalized spacial score (nSPS) is 24.3. The van der Waals surface area contributed by atoms with Crippen molar-refractivity contribution in [3.8, 4) is 11.8 Å². The molecule has 4 rings (SSSR count). The van der Waals surface area contributed by atoms with Crippen molar-refractivity contribution in [1.29, 1.82) is 0 Å². The summed E-state index contributed by atoms with van der Waals surface area (Å²) in [5, 5.41) is 0. The van der Waals surface area contributed by atoms with Gasteiger partial charge in [-0.3, -0.25) is 0 Å². The highest BCUT2D eigenvalue weighted by molar-refractivity contribution is 5.44. The van der Waals surface area contributed by atoms with Crippen LogP contribution in [0.1, 0.15) is 86.0 Å². The van der Waals surface area contributed by atoms with Crippen molar-refractivity contribution in [2.24, 2.45) is 17.8 Å². The van der Waals surface area contributed by atoms with Crippen LogP contribution in [0, 0.1) is 35.4 Å². The predicted octanol–water partition coefficient (Wildman–Crippen LogP) is 8.61. The number of allylic oxidation sites excluding steroid dienone is 2. The van der Waals surface area contributed by atoms with Gasteiger partial charge in [-0.25, -0.2) is 4.39 Å². The molecule has 0 radical (unpaired) electrons. The minimum absolute atomic E-state index is 0.0790. The van der Waals surface area contributed by atoms with E-state index >= 15 is 4.39 Å². The summed E-state index contributed by atoms with van der Waals surface area (Å²) in [6, 6.07) is 13.9. The van der Waals surface area contributed by atoms with Crippen LogP contribution in [0.2, 0.25) is 0 Å². The lowest BCUT2D eigenvalue weighted by atomic mass is 9.63. The number of hydrogen-bond acceptors (Lipinski definition) is 0. The van der Waals surface area contributed by atoms with Crippen LogP contribution in [0.4, 0.5) is 4.39 Å². The molecule has 0 heterocycles. The predicted molar refractivity (Wildman–Crippen MR) is 138 cm³/mol. The molecule has 1 heteroatoms. The van der Waals surface area contributed by atoms with Gasteiger partial charge in [-0.2, -0.15) is 0 Å². The van der Waals surface area contributed by atoms with Crippen LogP contribution in [-0.4, -0.2) is 0 Å². The van der Waals surface area contributed by atoms with E-state index in [1.165, 1.54) is 37.7 Å². The third kappa shape index (κ3) is 6.26. The average molecular weight is 441 g/mol. The molecule has 4 atom stereocenters. The van der Waals surface area contributed by atoms with E-state index in [-0.39, 0.29) is 5.82 Å². The lowest BCUT2D eigenvalue weighted by molar-refractivity contribution is 0.114. The van der Waals surface area contributed by atoms with Gasteiger partial charge < -0.3 is 0 Å². The van der Waals surface area contributed by atoms with Gasteiger partial charge in [0.05, 0.1) is 0 Å². The lowest BCUT2D eigenvalue weighted by Gasteiger charge is -2.42. The summed E-state index contributed by atoms with van der Waals surface area (Å²) in [5.74, 6) is 9.11. The molecule has 4 unspecified atom stereocenters. The van der Waals surface area contributed by atoms with Crippen LogP contribution < -0.4 is 0 Å². The Bertz CT molecular complexity index is 1000. The van der Waals surface area contributed by atoms with Crippen molar-refractivity contribution >= 4 is 0 Å². The quantitative estimate of drug-likeness (QED) is 0.299. The Morgan fingerprint density at radius 3 is 2.27 bits per heavy atom. The molecule has 0 spiro atoms. The highest BCUT2D eigenvalue weighted by atomic mass is 19.1. The van der Waals surface area contributed by atoms with Crippen molar-refractivity contribution in [2.45, 2.75) is 70.1 Å². The molecule has 2 aliphatic carbocycles. The first kappa shape index (κ1) is 23.6. The Morgan fingerprint density at radius 1 is 0.818 bits per heavy atom. The summed E-state index contributed by atoms with van der Waals surface area (Å²) in [5.41, 5.74) is 3.91. The van der Waals surface area contributed by atoms with Gasteiger partial charge in [0.2, 0.25) is 0 Å². The third-order valence-electron chi connectivity index (χ3n) is 7.88. The van der Waals surface area contributed by atoms with E-state index in [4.69, 9.17) is 0 Å². The van der Waals surface area contributed by atoms with E-state index in [2.05, 4.69) is 43.2 Å². The monoisotopic (exact) mass is 440 g/mol. The number of benzene rings is 2. The minimum atomic E-state index is -0.0790. The highest BCUT2D eigenvalue weighted by Gasteiger charge is 2.36. The standard InChI is InChI=1S/C32H37F/c1-3-5-7-24-9-11-25(12-10-24)13-14-27-16-20-31(32(33)22-27)30-19-18-28-21-26(8-6-4-2)15-17-29(28)23-30/h3-4,9-12,16,20,22,26,28-30H,1-2,5-8,15,17-19,21,23H2. The first-order chi connectivity index (χ1) is 16.2. The number of aryl methyl sites for hydroxylation is 1. The van der Waals surface area contributed by atoms with Crippen molar-refractivity contribution in [3.63, 3.8) is 0 Å². The van der Waals surface area contributed by atoms with Crippen molar-refractivity contribution < 1.29 is 4.39 Å². The number of rotatable bonds is 7. The second-order valence-corrected chi connectivity index (χ2v) is 10.1. The van der Waals surface area contributed by atoms with Gasteiger partial charge >= 0.3 is 0 Å². The molecule has 172 valence electrons. The molecule has 2 aromatic rings. The van der Waals surface area contributed by atoms with Gasteiger partial charge in [0.25, 0.3) is 0 Å². The maximum Gasteiger partial charge on any atom is 0.127 e. The smallest absolute Gasteiger partial charge is 0.127 e. The van der Waals surface area contributed by atoms with Crippen LogP contribution in [0.25, 0.3) is 0 Å². The topological polar surface area (TPSA) is 0 Å². The van der Waals surface area contributed by atoms with E-state index in [0.717, 1.165) is 66.5 Å². The van der Waals surface area contributed by atoms with Gasteiger partial charge in [-0.05, 0) is 117 Å². The Labute approximate surface area is 200 Å². The second kappa shape index (κ2) is 11.5. The largest absolute Gasteiger partial charge is 0.207 e. The molecule has 2 saturated carbocycles. The summed E-state index contributed by atoms with van der Waals surface area (Å²) >= 11 is 0. The average Bonchev–Trinajstić information content (AvgIpc) is 2.85. The lowest BCUT2D eigenvalue weighted by Crippen LogP contribution is -2.30. The number of hydrogen-bond donors (Lipinski definition) is 0. The van der Waals surface area contributed by atoms with Crippen LogP contribution in [-0.2, 0) is 6.42 Å². The summed E-state index contributed by atoms with van der Waals surface area (Å²) in [4.78, 5) is 0. The van der Waals surface area contributed by atoms with Gasteiger partial charge in [0, 0.05) is 11.1 Å². The minimum Gasteiger partial charge on any atom is -0.207 e. The van der Waals surface area contributed by atoms with Gasteiger partial charge in [0.1, 0.15) is 5.82 Å². The van der Waals surface area contributed by atoms with E-state index in [1.807, 2.05) is 30.3 Å². The Balaban J connectivity index is 1.36. The summed E-state index contributed by atoms with van der Waals surface area (Å²) in [6.07, 6.45) is 16.0. The molecule has 0 saturated heterocycles. The van der Waals surface area contributed by atoms with Crippen LogP contribution in [0.5, 0.6) is 0 Å². The molecule has 0 N–H and O–H groups in total. The molecule has 0 bridgehead atoms. The zero-order valence-electron chi connectivity index (χ0n) is 19.9. The zero-order chi connectivity index (χ0) is 23.0. The maximum absolute atomic E-state index is 15.1. The van der Waals surface area contributed by atoms with Gasteiger partial charge in [0.15, 0.2) is 0 Å². The molecule has 33 heavy (non-hydrogen) atoms. The van der Waals surface area contributed by atoms with Crippen LogP contribution in [0.15, 0.2) is 67.8 Å². The molecule has 2 aromatic carbocycles. The molecule has 0 aromatic heterocycles. The van der Waals surface area contributed by atoms with Gasteiger partial charge in [-0.1, -0.05) is 48.6 Å². The molecule has 0 amide bonds. The zero-order valence-corrected chi connectivity index (χ0v) is 19.9. The molecular formula is C32H37F. The Morgan fingerprint density at radius 2 is 1.52 bits per heavy atom. The fourth-order valence-electron chi connectivity index (χ4n) is 5.99. The fourth-order valence-corrected chi connectivity index (χ4v) is 5.99. The second-order valence-electron chi connectivity index (χ2n) is 10.1. The molecule has 0 aliphatic heterocycles. The number of fused-ring (bicyclic) bond motifs is 1. The van der Waals surface area contributed by atoms with Gasteiger partial charge in [-0.15, -0.1) is 13.2 Å². The first-order valence-electron chi connectivity index (χ1n) is 12.8. The van der Waals surface area contributed by atoms with Crippen LogP contribution in [0.3, 0.4) is 0 Å². The van der Waals surface area contributed by atoms with Crippen molar-refractivity contribution in [3.05, 3.63) is 95.8 Å². The maximum atomic E-state index is 15.1. The van der Waals surface area contributed by atoms with E-state index in [1.54, 1.807) is 6.07 Å². The van der Waals surface area contributed by atoms with E-state index < -0.39 is 0 Å². The summed E-state index contributed by atoms with van der Waals surface area (Å²) in [6.45, 7) is 7.65. The molecule has 0 nitrogen and oxygen atoms in total. The number of halogens is 1. The van der Waals surface area contributed by atoms with E-state index in [9.17, 15) is 0 Å². The van der Waals surface area contributed by atoms with Crippen molar-refractivity contribution in [1.82, 2.24) is 0 Å².